The maximum atomic E-state index is 12.3. The van der Waals surface area contributed by atoms with Crippen molar-refractivity contribution < 1.29 is 19.1 Å². The summed E-state index contributed by atoms with van der Waals surface area (Å²) in [6, 6.07) is 6.72. The second-order valence-electron chi connectivity index (χ2n) is 7.00. The largest absolute Gasteiger partial charge is 0.462 e. The van der Waals surface area contributed by atoms with E-state index in [9.17, 15) is 9.59 Å². The van der Waals surface area contributed by atoms with Crippen LogP contribution in [0.15, 0.2) is 24.3 Å². The van der Waals surface area contributed by atoms with Crippen LogP contribution in [-0.2, 0) is 9.47 Å². The van der Waals surface area contributed by atoms with Crippen LogP contribution in [0.25, 0.3) is 0 Å². The fraction of sp³-hybridized carbons (Fsp3) is 0.652. The monoisotopic (exact) mass is 376 g/mol. The lowest BCUT2D eigenvalue weighted by Gasteiger charge is -2.10. The minimum atomic E-state index is -0.449. The molecule has 0 N–H and O–H groups in total. The molecular weight excluding hydrogens is 340 g/mol. The number of unbranched alkanes of at least 4 members (excludes halogenated alkanes) is 9. The summed E-state index contributed by atoms with van der Waals surface area (Å²) >= 11 is 0. The summed E-state index contributed by atoms with van der Waals surface area (Å²) in [6.07, 6.45) is 12.4. The maximum absolute atomic E-state index is 12.3. The van der Waals surface area contributed by atoms with Gasteiger partial charge in [-0.1, -0.05) is 83.8 Å². The van der Waals surface area contributed by atoms with Gasteiger partial charge in [-0.15, -0.1) is 0 Å². The Kier molecular flexibility index (Phi) is 13.1. The summed E-state index contributed by atoms with van der Waals surface area (Å²) in [7, 11) is 0. The average molecular weight is 377 g/mol. The lowest BCUT2D eigenvalue weighted by Crippen LogP contribution is -2.15. The minimum Gasteiger partial charge on any atom is -0.462 e. The van der Waals surface area contributed by atoms with E-state index in [1.54, 1.807) is 24.3 Å². The summed E-state index contributed by atoms with van der Waals surface area (Å²) in [4.78, 5) is 24.6. The van der Waals surface area contributed by atoms with Crippen molar-refractivity contribution in [3.63, 3.8) is 0 Å². The van der Waals surface area contributed by atoms with Crippen LogP contribution in [0, 0.1) is 0 Å². The van der Waals surface area contributed by atoms with E-state index in [2.05, 4.69) is 13.8 Å². The Bertz CT molecular complexity index is 539. The smallest absolute Gasteiger partial charge is 0.339 e. The summed E-state index contributed by atoms with van der Waals surface area (Å²) in [5.74, 6) is -0.894. The second-order valence-corrected chi connectivity index (χ2v) is 7.00. The van der Waals surface area contributed by atoms with Crippen LogP contribution >= 0.6 is 0 Å². The zero-order chi connectivity index (χ0) is 19.7. The first kappa shape index (κ1) is 23.2. The number of ether oxygens (including phenoxy) is 2. The van der Waals surface area contributed by atoms with Crippen molar-refractivity contribution >= 4 is 11.9 Å². The van der Waals surface area contributed by atoms with Gasteiger partial charge in [0.15, 0.2) is 0 Å². The van der Waals surface area contributed by atoms with Gasteiger partial charge in [-0.25, -0.2) is 9.59 Å². The molecular formula is C23H36O4. The molecule has 152 valence electrons. The molecule has 1 aromatic rings. The molecule has 0 bridgehead atoms. The summed E-state index contributed by atoms with van der Waals surface area (Å²) in [5, 5.41) is 0. The normalized spacial score (nSPS) is 10.6. The molecule has 0 aliphatic rings. The van der Waals surface area contributed by atoms with Crippen molar-refractivity contribution in [2.45, 2.75) is 84.5 Å². The first-order valence-electron chi connectivity index (χ1n) is 10.6. The second kappa shape index (κ2) is 15.2. The van der Waals surface area contributed by atoms with Gasteiger partial charge >= 0.3 is 11.9 Å². The molecule has 0 aliphatic heterocycles. The predicted molar refractivity (Wildman–Crippen MR) is 109 cm³/mol. The van der Waals surface area contributed by atoms with Gasteiger partial charge in [-0.2, -0.15) is 0 Å². The van der Waals surface area contributed by atoms with Crippen LogP contribution < -0.4 is 0 Å². The fourth-order valence-electron chi connectivity index (χ4n) is 2.91. The molecule has 1 rings (SSSR count). The van der Waals surface area contributed by atoms with E-state index < -0.39 is 11.9 Å². The summed E-state index contributed by atoms with van der Waals surface area (Å²) in [6.45, 7) is 5.13. The molecule has 27 heavy (non-hydrogen) atoms. The highest BCUT2D eigenvalue weighted by molar-refractivity contribution is 6.03. The van der Waals surface area contributed by atoms with Gasteiger partial charge in [0.05, 0.1) is 24.3 Å². The molecule has 4 heteroatoms. The third-order valence-corrected chi connectivity index (χ3v) is 4.58. The molecule has 0 spiro atoms. The maximum Gasteiger partial charge on any atom is 0.339 e. The van der Waals surface area contributed by atoms with Gasteiger partial charge in [0.1, 0.15) is 0 Å². The molecule has 0 unspecified atom stereocenters. The Balaban J connectivity index is 2.36. The minimum absolute atomic E-state index is 0.289. The van der Waals surface area contributed by atoms with E-state index in [-0.39, 0.29) is 5.56 Å². The molecule has 0 saturated heterocycles. The van der Waals surface area contributed by atoms with Gasteiger partial charge in [-0.05, 0) is 25.0 Å². The fourth-order valence-corrected chi connectivity index (χ4v) is 2.91. The highest BCUT2D eigenvalue weighted by atomic mass is 16.5. The molecule has 1 aromatic carbocycles. The third-order valence-electron chi connectivity index (χ3n) is 4.58. The zero-order valence-corrected chi connectivity index (χ0v) is 17.1. The molecule has 0 aromatic heterocycles. The van der Waals surface area contributed by atoms with Crippen LogP contribution in [0.2, 0.25) is 0 Å². The number of esters is 2. The Hall–Kier alpha value is -1.84. The molecule has 0 aliphatic carbocycles. The highest BCUT2D eigenvalue weighted by Gasteiger charge is 2.18. The quantitative estimate of drug-likeness (QED) is 0.265. The molecule has 0 radical (unpaired) electrons. The van der Waals surface area contributed by atoms with Crippen LogP contribution in [-0.4, -0.2) is 25.2 Å². The number of rotatable bonds is 15. The zero-order valence-electron chi connectivity index (χ0n) is 17.1. The molecule has 0 atom stereocenters. The summed E-state index contributed by atoms with van der Waals surface area (Å²) in [5.41, 5.74) is 0.580. The molecule has 0 heterocycles. The van der Waals surface area contributed by atoms with Gasteiger partial charge in [0.25, 0.3) is 0 Å². The van der Waals surface area contributed by atoms with E-state index in [4.69, 9.17) is 9.47 Å². The lowest BCUT2D eigenvalue weighted by atomic mass is 10.1. The summed E-state index contributed by atoms with van der Waals surface area (Å²) < 4.78 is 10.7. The van der Waals surface area contributed by atoms with Crippen LogP contribution in [0.3, 0.4) is 0 Å². The Morgan fingerprint density at radius 2 is 1.00 bits per heavy atom. The van der Waals surface area contributed by atoms with Gasteiger partial charge in [0.2, 0.25) is 0 Å². The third kappa shape index (κ3) is 10.2. The average Bonchev–Trinajstić information content (AvgIpc) is 2.69. The number of carbonyl (C=O) groups is 2. The standard InChI is InChI=1S/C23H36O4/c1-3-5-7-9-10-11-15-19-27-23(25)21-17-13-12-16-20(21)22(24)26-18-14-8-6-4-2/h12-13,16-17H,3-11,14-15,18-19H2,1-2H3. The molecule has 0 saturated carbocycles. The Morgan fingerprint density at radius 1 is 0.630 bits per heavy atom. The first-order valence-corrected chi connectivity index (χ1v) is 10.6. The van der Waals surface area contributed by atoms with Gasteiger partial charge < -0.3 is 9.47 Å². The van der Waals surface area contributed by atoms with Crippen LogP contribution in [0.5, 0.6) is 0 Å². The van der Waals surface area contributed by atoms with Crippen molar-refractivity contribution in [3.8, 4) is 0 Å². The number of hydrogen-bond donors (Lipinski definition) is 0. The number of carbonyl (C=O) groups excluding carboxylic acids is 2. The molecule has 0 amide bonds. The Morgan fingerprint density at radius 3 is 1.44 bits per heavy atom. The topological polar surface area (TPSA) is 52.6 Å². The Labute approximate surface area is 164 Å². The lowest BCUT2D eigenvalue weighted by molar-refractivity contribution is 0.0450. The van der Waals surface area contributed by atoms with Crippen molar-refractivity contribution in [3.05, 3.63) is 35.4 Å². The van der Waals surface area contributed by atoms with E-state index in [0.717, 1.165) is 38.5 Å². The van der Waals surface area contributed by atoms with Crippen molar-refractivity contribution in [2.24, 2.45) is 0 Å². The SMILES string of the molecule is CCCCCCCCCOC(=O)c1ccccc1C(=O)OCCCCCC. The molecule has 0 fully saturated rings. The van der Waals surface area contributed by atoms with Crippen molar-refractivity contribution in [1.29, 1.82) is 0 Å². The van der Waals surface area contributed by atoms with E-state index >= 15 is 0 Å². The number of benzene rings is 1. The van der Waals surface area contributed by atoms with Crippen molar-refractivity contribution in [2.75, 3.05) is 13.2 Å². The predicted octanol–water partition coefficient (Wildman–Crippen LogP) is 6.33. The van der Waals surface area contributed by atoms with Gasteiger partial charge in [-0.3, -0.25) is 0 Å². The van der Waals surface area contributed by atoms with Crippen LogP contribution in [0.4, 0.5) is 0 Å². The van der Waals surface area contributed by atoms with Gasteiger partial charge in [0, 0.05) is 0 Å². The van der Waals surface area contributed by atoms with E-state index in [1.165, 1.54) is 32.1 Å². The molecule has 4 nitrogen and oxygen atoms in total. The van der Waals surface area contributed by atoms with E-state index in [1.807, 2.05) is 0 Å². The van der Waals surface area contributed by atoms with Crippen molar-refractivity contribution in [1.82, 2.24) is 0 Å². The number of hydrogen-bond acceptors (Lipinski definition) is 4. The van der Waals surface area contributed by atoms with E-state index in [0.29, 0.717) is 18.8 Å². The highest BCUT2D eigenvalue weighted by Crippen LogP contribution is 2.13. The first-order chi connectivity index (χ1) is 13.2. The van der Waals surface area contributed by atoms with Crippen LogP contribution in [0.1, 0.15) is 105 Å².